The molecule has 0 saturated carbocycles. The number of carbonyl (C=O) groups is 1. The van der Waals surface area contributed by atoms with Crippen molar-refractivity contribution in [3.63, 3.8) is 0 Å². The molecule has 0 aliphatic heterocycles. The van der Waals surface area contributed by atoms with Gasteiger partial charge in [0.2, 0.25) is 11.0 Å². The van der Waals surface area contributed by atoms with Crippen molar-refractivity contribution in [2.75, 3.05) is 5.32 Å². The van der Waals surface area contributed by atoms with Crippen molar-refractivity contribution in [2.24, 2.45) is 5.73 Å². The van der Waals surface area contributed by atoms with E-state index in [-0.39, 0.29) is 11.4 Å². The van der Waals surface area contributed by atoms with Gasteiger partial charge in [-0.15, -0.1) is 10.2 Å². The van der Waals surface area contributed by atoms with E-state index in [2.05, 4.69) is 15.5 Å². The first-order valence-corrected chi connectivity index (χ1v) is 6.13. The highest BCUT2D eigenvalue weighted by Crippen LogP contribution is 2.16. The third-order valence-corrected chi connectivity index (χ3v) is 3.00. The highest BCUT2D eigenvalue weighted by atomic mass is 32.1. The number of nitrogens with one attached hydrogen (secondary N) is 1. The van der Waals surface area contributed by atoms with Crippen LogP contribution in [0, 0.1) is 0 Å². The molecule has 0 spiro atoms. The van der Waals surface area contributed by atoms with Gasteiger partial charge < -0.3 is 11.1 Å². The summed E-state index contributed by atoms with van der Waals surface area (Å²) >= 11 is 1.41. The summed E-state index contributed by atoms with van der Waals surface area (Å²) in [5.41, 5.74) is 5.48. The Morgan fingerprint density at radius 1 is 1.50 bits per heavy atom. The molecule has 0 aromatic carbocycles. The van der Waals surface area contributed by atoms with Crippen molar-refractivity contribution < 1.29 is 4.79 Å². The SMILES string of the molecule is CCc1nnc(NC(=O)CCC(C)(C)N)s1. The molecule has 0 aliphatic carbocycles. The second-order valence-corrected chi connectivity index (χ2v) is 5.45. The van der Waals surface area contributed by atoms with Crippen LogP contribution in [0.15, 0.2) is 0 Å². The van der Waals surface area contributed by atoms with Gasteiger partial charge in [-0.05, 0) is 26.7 Å². The van der Waals surface area contributed by atoms with Gasteiger partial charge in [0.15, 0.2) is 0 Å². The Balaban J connectivity index is 2.40. The van der Waals surface area contributed by atoms with Gasteiger partial charge in [0.25, 0.3) is 0 Å². The lowest BCUT2D eigenvalue weighted by molar-refractivity contribution is -0.116. The zero-order valence-corrected chi connectivity index (χ0v) is 10.7. The van der Waals surface area contributed by atoms with Crippen LogP contribution in [0.4, 0.5) is 5.13 Å². The Labute approximate surface area is 99.5 Å². The van der Waals surface area contributed by atoms with Gasteiger partial charge in [-0.1, -0.05) is 18.3 Å². The molecule has 16 heavy (non-hydrogen) atoms. The number of hydrogen-bond acceptors (Lipinski definition) is 5. The maximum atomic E-state index is 11.5. The zero-order chi connectivity index (χ0) is 12.2. The topological polar surface area (TPSA) is 80.9 Å². The summed E-state index contributed by atoms with van der Waals surface area (Å²) in [6.07, 6.45) is 1.90. The Morgan fingerprint density at radius 3 is 2.69 bits per heavy atom. The number of anilines is 1. The van der Waals surface area contributed by atoms with Gasteiger partial charge in [0.1, 0.15) is 5.01 Å². The van der Waals surface area contributed by atoms with E-state index in [9.17, 15) is 4.79 Å². The second kappa shape index (κ2) is 5.36. The molecule has 0 aliphatic rings. The van der Waals surface area contributed by atoms with E-state index in [0.29, 0.717) is 18.0 Å². The maximum Gasteiger partial charge on any atom is 0.226 e. The molecular weight excluding hydrogens is 224 g/mol. The lowest BCUT2D eigenvalue weighted by atomic mass is 10.00. The molecule has 90 valence electrons. The van der Waals surface area contributed by atoms with Crippen LogP contribution >= 0.6 is 11.3 Å². The normalized spacial score (nSPS) is 11.5. The summed E-state index contributed by atoms with van der Waals surface area (Å²) in [6, 6.07) is 0. The minimum absolute atomic E-state index is 0.0580. The predicted octanol–water partition coefficient (Wildman–Crippen LogP) is 1.56. The molecule has 1 aromatic rings. The van der Waals surface area contributed by atoms with Crippen molar-refractivity contribution in [1.29, 1.82) is 0 Å². The van der Waals surface area contributed by atoms with Crippen LogP contribution in [-0.4, -0.2) is 21.6 Å². The fourth-order valence-corrected chi connectivity index (χ4v) is 1.76. The highest BCUT2D eigenvalue weighted by Gasteiger charge is 2.14. The molecule has 0 atom stereocenters. The van der Waals surface area contributed by atoms with Crippen LogP contribution in [0.1, 0.15) is 38.6 Å². The molecule has 0 fully saturated rings. The van der Waals surface area contributed by atoms with Crippen molar-refractivity contribution >= 4 is 22.4 Å². The first-order chi connectivity index (χ1) is 7.40. The molecule has 0 radical (unpaired) electrons. The summed E-state index contributed by atoms with van der Waals surface area (Å²) in [5.74, 6) is -0.0580. The number of aromatic nitrogens is 2. The van der Waals surface area contributed by atoms with Crippen molar-refractivity contribution in [3.05, 3.63) is 5.01 Å². The fourth-order valence-electron chi connectivity index (χ4n) is 1.06. The quantitative estimate of drug-likeness (QED) is 0.821. The van der Waals surface area contributed by atoms with E-state index < -0.39 is 0 Å². The highest BCUT2D eigenvalue weighted by molar-refractivity contribution is 7.15. The van der Waals surface area contributed by atoms with Gasteiger partial charge in [-0.3, -0.25) is 4.79 Å². The minimum atomic E-state index is -0.312. The van der Waals surface area contributed by atoms with E-state index in [4.69, 9.17) is 5.73 Å². The van der Waals surface area contributed by atoms with E-state index in [0.717, 1.165) is 11.4 Å². The van der Waals surface area contributed by atoms with Gasteiger partial charge >= 0.3 is 0 Å². The third-order valence-electron chi connectivity index (χ3n) is 2.01. The Bertz CT molecular complexity index is 356. The van der Waals surface area contributed by atoms with Crippen LogP contribution < -0.4 is 11.1 Å². The molecule has 0 bridgehead atoms. The molecule has 3 N–H and O–H groups in total. The van der Waals surface area contributed by atoms with Gasteiger partial charge in [-0.25, -0.2) is 0 Å². The van der Waals surface area contributed by atoms with E-state index >= 15 is 0 Å². The predicted molar refractivity (Wildman–Crippen MR) is 65.4 cm³/mol. The van der Waals surface area contributed by atoms with E-state index in [1.807, 2.05) is 20.8 Å². The monoisotopic (exact) mass is 242 g/mol. The summed E-state index contributed by atoms with van der Waals surface area (Å²) in [5, 5.41) is 12.0. The molecule has 6 heteroatoms. The van der Waals surface area contributed by atoms with Crippen LogP contribution in [0.2, 0.25) is 0 Å². The molecule has 0 unspecified atom stereocenters. The van der Waals surface area contributed by atoms with Gasteiger partial charge in [-0.2, -0.15) is 0 Å². The average Bonchev–Trinajstić information content (AvgIpc) is 2.61. The van der Waals surface area contributed by atoms with Gasteiger partial charge in [0, 0.05) is 12.0 Å². The number of hydrogen-bond donors (Lipinski definition) is 2. The number of nitrogens with zero attached hydrogens (tertiary/aromatic N) is 2. The Hall–Kier alpha value is -1.01. The number of aryl methyl sites for hydroxylation is 1. The average molecular weight is 242 g/mol. The summed E-state index contributed by atoms with van der Waals surface area (Å²) in [6.45, 7) is 5.81. The number of amides is 1. The third kappa shape index (κ3) is 4.67. The zero-order valence-electron chi connectivity index (χ0n) is 9.91. The Kier molecular flexibility index (Phi) is 4.37. The maximum absolute atomic E-state index is 11.5. The standard InChI is InChI=1S/C10H18N4OS/c1-4-8-13-14-9(16-8)12-7(15)5-6-10(2,3)11/h4-6,11H2,1-3H3,(H,12,14,15). The Morgan fingerprint density at radius 2 is 2.19 bits per heavy atom. The van der Waals surface area contributed by atoms with Crippen molar-refractivity contribution in [2.45, 2.75) is 45.6 Å². The van der Waals surface area contributed by atoms with E-state index in [1.165, 1.54) is 11.3 Å². The summed E-state index contributed by atoms with van der Waals surface area (Å²) in [4.78, 5) is 11.5. The molecule has 1 rings (SSSR count). The largest absolute Gasteiger partial charge is 0.326 e. The fraction of sp³-hybridized carbons (Fsp3) is 0.700. The molecular formula is C10H18N4OS. The van der Waals surface area contributed by atoms with Crippen LogP contribution in [0.5, 0.6) is 0 Å². The lowest BCUT2D eigenvalue weighted by Crippen LogP contribution is -2.33. The van der Waals surface area contributed by atoms with Gasteiger partial charge in [0.05, 0.1) is 0 Å². The molecule has 0 saturated heterocycles. The number of carbonyl (C=O) groups excluding carboxylic acids is 1. The van der Waals surface area contributed by atoms with Crippen molar-refractivity contribution in [3.8, 4) is 0 Å². The molecule has 1 amide bonds. The molecule has 1 heterocycles. The minimum Gasteiger partial charge on any atom is -0.326 e. The smallest absolute Gasteiger partial charge is 0.226 e. The summed E-state index contributed by atoms with van der Waals surface area (Å²) < 4.78 is 0. The number of nitrogens with two attached hydrogens (primary N) is 1. The summed E-state index contributed by atoms with van der Waals surface area (Å²) in [7, 11) is 0. The van der Waals surface area contributed by atoms with Crippen LogP contribution in [-0.2, 0) is 11.2 Å². The second-order valence-electron chi connectivity index (χ2n) is 4.39. The van der Waals surface area contributed by atoms with Crippen LogP contribution in [0.3, 0.4) is 0 Å². The first-order valence-electron chi connectivity index (χ1n) is 5.32. The number of rotatable bonds is 5. The molecule has 1 aromatic heterocycles. The lowest BCUT2D eigenvalue weighted by Gasteiger charge is -2.17. The van der Waals surface area contributed by atoms with Crippen LogP contribution in [0.25, 0.3) is 0 Å². The first kappa shape index (κ1) is 13.1. The molecule has 5 nitrogen and oxygen atoms in total. The van der Waals surface area contributed by atoms with Crippen molar-refractivity contribution in [1.82, 2.24) is 10.2 Å². The van der Waals surface area contributed by atoms with E-state index in [1.54, 1.807) is 0 Å².